The summed E-state index contributed by atoms with van der Waals surface area (Å²) in [6.45, 7) is 8.68. The molecule has 2 aliphatic rings. The summed E-state index contributed by atoms with van der Waals surface area (Å²) in [6.07, 6.45) is 1.01. The Labute approximate surface area is 172 Å². The number of likely N-dealkylation sites (tertiary alicyclic amines) is 1. The van der Waals surface area contributed by atoms with Crippen molar-refractivity contribution in [3.63, 3.8) is 0 Å². The lowest BCUT2D eigenvalue weighted by molar-refractivity contribution is -0.135. The van der Waals surface area contributed by atoms with Crippen molar-refractivity contribution in [3.05, 3.63) is 29.8 Å². The van der Waals surface area contributed by atoms with Crippen molar-refractivity contribution in [2.24, 2.45) is 5.92 Å². The first kappa shape index (κ1) is 20.7. The van der Waals surface area contributed by atoms with E-state index in [9.17, 15) is 14.4 Å². The molecule has 0 radical (unpaired) electrons. The summed E-state index contributed by atoms with van der Waals surface area (Å²) in [7, 11) is 0. The van der Waals surface area contributed by atoms with Crippen LogP contribution in [0.15, 0.2) is 29.2 Å². The Morgan fingerprint density at radius 1 is 1.04 bits per heavy atom. The molecule has 0 bridgehead atoms. The van der Waals surface area contributed by atoms with Crippen LogP contribution in [-0.4, -0.2) is 70.7 Å². The van der Waals surface area contributed by atoms with E-state index >= 15 is 0 Å². The van der Waals surface area contributed by atoms with Gasteiger partial charge in [-0.15, -0.1) is 12.6 Å². The highest BCUT2D eigenvalue weighted by molar-refractivity contribution is 7.80. The number of thiol groups is 1. The molecule has 28 heavy (non-hydrogen) atoms. The predicted molar refractivity (Wildman–Crippen MR) is 110 cm³/mol. The van der Waals surface area contributed by atoms with Gasteiger partial charge in [-0.25, -0.2) is 0 Å². The highest BCUT2D eigenvalue weighted by Crippen LogP contribution is 2.27. The zero-order valence-corrected chi connectivity index (χ0v) is 17.7. The lowest BCUT2D eigenvalue weighted by atomic mass is 10.1. The molecule has 0 N–H and O–H groups in total. The molecular weight excluding hydrogens is 374 g/mol. The van der Waals surface area contributed by atoms with Gasteiger partial charge in [0.25, 0.3) is 5.91 Å². The number of hydrogen-bond acceptors (Lipinski definition) is 4. The quantitative estimate of drug-likeness (QED) is 0.771. The lowest BCUT2D eigenvalue weighted by Gasteiger charge is -2.32. The third-order valence-electron chi connectivity index (χ3n) is 5.51. The molecular formula is C21H29N3O3S. The minimum atomic E-state index is -0.285. The molecule has 0 spiro atoms. The van der Waals surface area contributed by atoms with E-state index < -0.39 is 0 Å². The van der Waals surface area contributed by atoms with Crippen LogP contribution >= 0.6 is 12.6 Å². The van der Waals surface area contributed by atoms with Crippen LogP contribution in [-0.2, 0) is 9.59 Å². The van der Waals surface area contributed by atoms with E-state index in [1.807, 2.05) is 43.9 Å². The zero-order chi connectivity index (χ0) is 20.5. The zero-order valence-electron chi connectivity index (χ0n) is 16.9. The minimum absolute atomic E-state index is 0.0315. The highest BCUT2D eigenvalue weighted by Gasteiger charge is 2.41. The van der Waals surface area contributed by atoms with Crippen molar-refractivity contribution in [2.75, 3.05) is 32.7 Å². The molecule has 1 unspecified atom stereocenters. The average molecular weight is 404 g/mol. The molecule has 7 heteroatoms. The van der Waals surface area contributed by atoms with E-state index in [-0.39, 0.29) is 35.6 Å². The van der Waals surface area contributed by atoms with Gasteiger partial charge in [-0.1, -0.05) is 12.1 Å². The summed E-state index contributed by atoms with van der Waals surface area (Å²) in [5, 5.41) is 0. The van der Waals surface area contributed by atoms with Crippen LogP contribution in [0, 0.1) is 5.92 Å². The standard InChI is InChI=1S/C21H29N3O3S/c1-21(2,3)24-14-15(13-18(24)25)19(26)22-9-6-10-23(12-11-22)20(27)16-7-4-5-8-17(16)28/h4-5,7-8,15,28H,6,9-14H2,1-3H3. The maximum absolute atomic E-state index is 13.0. The van der Waals surface area contributed by atoms with Gasteiger partial charge >= 0.3 is 0 Å². The van der Waals surface area contributed by atoms with Gasteiger partial charge in [0.2, 0.25) is 11.8 Å². The smallest absolute Gasteiger partial charge is 0.255 e. The van der Waals surface area contributed by atoms with Gasteiger partial charge in [0.15, 0.2) is 0 Å². The molecule has 3 rings (SSSR count). The topological polar surface area (TPSA) is 60.9 Å². The molecule has 1 aromatic rings. The number of carbonyl (C=O) groups excluding carboxylic acids is 3. The maximum atomic E-state index is 13.0. The van der Waals surface area contributed by atoms with E-state index in [0.29, 0.717) is 43.2 Å². The Morgan fingerprint density at radius 2 is 1.68 bits per heavy atom. The first-order valence-electron chi connectivity index (χ1n) is 9.85. The van der Waals surface area contributed by atoms with E-state index in [0.717, 1.165) is 6.42 Å². The monoisotopic (exact) mass is 403 g/mol. The molecule has 1 aromatic carbocycles. The fraction of sp³-hybridized carbons (Fsp3) is 0.571. The van der Waals surface area contributed by atoms with Crippen molar-refractivity contribution in [1.82, 2.24) is 14.7 Å². The Kier molecular flexibility index (Phi) is 6.03. The Balaban J connectivity index is 1.62. The first-order chi connectivity index (χ1) is 13.2. The fourth-order valence-corrected chi connectivity index (χ4v) is 4.20. The molecule has 0 aliphatic carbocycles. The van der Waals surface area contributed by atoms with E-state index in [1.165, 1.54) is 0 Å². The normalized spacial score (nSPS) is 21.1. The Bertz CT molecular complexity index is 774. The largest absolute Gasteiger partial charge is 0.341 e. The Hall–Kier alpha value is -2.02. The van der Waals surface area contributed by atoms with E-state index in [4.69, 9.17) is 0 Å². The number of benzene rings is 1. The van der Waals surface area contributed by atoms with Crippen LogP contribution in [0.3, 0.4) is 0 Å². The van der Waals surface area contributed by atoms with Crippen LogP contribution in [0.5, 0.6) is 0 Å². The fourth-order valence-electron chi connectivity index (χ4n) is 3.95. The second kappa shape index (κ2) is 8.15. The molecule has 2 heterocycles. The van der Waals surface area contributed by atoms with Crippen LogP contribution in [0.4, 0.5) is 0 Å². The third kappa shape index (κ3) is 4.35. The van der Waals surface area contributed by atoms with Crippen LogP contribution in [0.1, 0.15) is 44.0 Å². The molecule has 6 nitrogen and oxygen atoms in total. The molecule has 152 valence electrons. The Morgan fingerprint density at radius 3 is 2.32 bits per heavy atom. The summed E-state index contributed by atoms with van der Waals surface area (Å²) >= 11 is 4.38. The lowest BCUT2D eigenvalue weighted by Crippen LogP contribution is -2.44. The van der Waals surface area contributed by atoms with Crippen LogP contribution < -0.4 is 0 Å². The molecule has 3 amide bonds. The summed E-state index contributed by atoms with van der Waals surface area (Å²) in [5.41, 5.74) is 0.321. The molecule has 0 saturated carbocycles. The third-order valence-corrected chi connectivity index (χ3v) is 5.90. The molecule has 2 aliphatic heterocycles. The first-order valence-corrected chi connectivity index (χ1v) is 10.3. The average Bonchev–Trinajstić information content (AvgIpc) is 2.88. The van der Waals surface area contributed by atoms with Crippen molar-refractivity contribution in [3.8, 4) is 0 Å². The van der Waals surface area contributed by atoms with Gasteiger partial charge in [0, 0.05) is 49.6 Å². The second-order valence-corrected chi connectivity index (χ2v) is 9.05. The van der Waals surface area contributed by atoms with E-state index in [1.54, 1.807) is 15.9 Å². The van der Waals surface area contributed by atoms with Crippen molar-refractivity contribution >= 4 is 30.4 Å². The van der Waals surface area contributed by atoms with Crippen molar-refractivity contribution < 1.29 is 14.4 Å². The molecule has 1 atom stereocenters. The van der Waals surface area contributed by atoms with Crippen LogP contribution in [0.2, 0.25) is 0 Å². The number of carbonyl (C=O) groups is 3. The number of amides is 3. The number of hydrogen-bond donors (Lipinski definition) is 1. The van der Waals surface area contributed by atoms with Crippen molar-refractivity contribution in [2.45, 2.75) is 44.0 Å². The van der Waals surface area contributed by atoms with Crippen molar-refractivity contribution in [1.29, 1.82) is 0 Å². The SMILES string of the molecule is CC(C)(C)N1CC(C(=O)N2CCCN(C(=O)c3ccccc3S)CC2)CC1=O. The summed E-state index contributed by atoms with van der Waals surface area (Å²) in [4.78, 5) is 44.2. The molecule has 2 fully saturated rings. The minimum Gasteiger partial charge on any atom is -0.341 e. The van der Waals surface area contributed by atoms with Gasteiger partial charge in [0.1, 0.15) is 0 Å². The maximum Gasteiger partial charge on any atom is 0.255 e. The summed E-state index contributed by atoms with van der Waals surface area (Å²) in [5.74, 6) is -0.256. The molecule has 2 saturated heterocycles. The van der Waals surface area contributed by atoms with Gasteiger partial charge < -0.3 is 14.7 Å². The number of rotatable bonds is 2. The summed E-state index contributed by atoms with van der Waals surface area (Å²) < 4.78 is 0. The molecule has 0 aromatic heterocycles. The van der Waals surface area contributed by atoms with E-state index in [2.05, 4.69) is 12.6 Å². The van der Waals surface area contributed by atoms with Gasteiger partial charge in [-0.05, 0) is 39.3 Å². The van der Waals surface area contributed by atoms with Crippen LogP contribution in [0.25, 0.3) is 0 Å². The number of nitrogens with zero attached hydrogens (tertiary/aromatic N) is 3. The van der Waals surface area contributed by atoms with Gasteiger partial charge in [-0.2, -0.15) is 0 Å². The summed E-state index contributed by atoms with van der Waals surface area (Å²) in [6, 6.07) is 7.27. The van der Waals surface area contributed by atoms with Gasteiger partial charge in [-0.3, -0.25) is 14.4 Å². The van der Waals surface area contributed by atoms with Gasteiger partial charge in [0.05, 0.1) is 11.5 Å². The predicted octanol–water partition coefficient (Wildman–Crippen LogP) is 2.30. The second-order valence-electron chi connectivity index (χ2n) is 8.56. The highest BCUT2D eigenvalue weighted by atomic mass is 32.1.